The molecule has 0 fully saturated rings. The number of rotatable bonds is 7. The summed E-state index contributed by atoms with van der Waals surface area (Å²) in [6.45, 7) is 7.56. The molecule has 0 amide bonds. The molecule has 0 unspecified atom stereocenters. The second-order valence-corrected chi connectivity index (χ2v) is 6.47. The Morgan fingerprint density at radius 2 is 2.15 bits per heavy atom. The Hall–Kier alpha value is -1.42. The van der Waals surface area contributed by atoms with E-state index in [1.165, 1.54) is 4.88 Å². The van der Waals surface area contributed by atoms with Crippen molar-refractivity contribution < 1.29 is 0 Å². The highest BCUT2D eigenvalue weighted by atomic mass is 32.1. The maximum Gasteiger partial charge on any atom is 0.136 e. The molecule has 0 aromatic carbocycles. The number of hydrogen-bond acceptors (Lipinski definition) is 4. The van der Waals surface area contributed by atoms with Crippen LogP contribution < -0.4 is 5.32 Å². The Kier molecular flexibility index (Phi) is 5.53. The third-order valence-corrected chi connectivity index (χ3v) is 3.79. The molecule has 0 aliphatic carbocycles. The average Bonchev–Trinajstić information content (AvgIpc) is 2.88. The van der Waals surface area contributed by atoms with Gasteiger partial charge < -0.3 is 5.32 Å². The molecule has 0 aliphatic rings. The molecule has 1 N–H and O–H groups in total. The van der Waals surface area contributed by atoms with Crippen molar-refractivity contribution in [3.63, 3.8) is 0 Å². The summed E-state index contributed by atoms with van der Waals surface area (Å²) in [4.78, 5) is 10.7. The number of thiophene rings is 1. The Morgan fingerprint density at radius 1 is 1.30 bits per heavy atom. The van der Waals surface area contributed by atoms with Gasteiger partial charge in [0.15, 0.2) is 0 Å². The van der Waals surface area contributed by atoms with Crippen LogP contribution in [-0.2, 0) is 12.8 Å². The van der Waals surface area contributed by atoms with E-state index in [4.69, 9.17) is 4.98 Å². The average molecular weight is 289 g/mol. The molecule has 2 rings (SSSR count). The van der Waals surface area contributed by atoms with Gasteiger partial charge in [-0.2, -0.15) is 0 Å². The first-order valence-electron chi connectivity index (χ1n) is 7.30. The quantitative estimate of drug-likeness (QED) is 0.832. The van der Waals surface area contributed by atoms with Gasteiger partial charge in [-0.25, -0.2) is 9.97 Å². The van der Waals surface area contributed by atoms with E-state index in [-0.39, 0.29) is 0 Å². The molecule has 0 aliphatic heterocycles. The SMILES string of the molecule is CCCNc1cc(CC(C)C)nc(Cc2cccs2)n1. The zero-order chi connectivity index (χ0) is 14.4. The van der Waals surface area contributed by atoms with Crippen molar-refractivity contribution in [2.24, 2.45) is 5.92 Å². The summed E-state index contributed by atoms with van der Waals surface area (Å²) in [7, 11) is 0. The molecule has 20 heavy (non-hydrogen) atoms. The predicted molar refractivity (Wildman–Crippen MR) is 86.5 cm³/mol. The molecule has 2 heterocycles. The van der Waals surface area contributed by atoms with Crippen LogP contribution >= 0.6 is 11.3 Å². The molecule has 3 nitrogen and oxygen atoms in total. The van der Waals surface area contributed by atoms with Gasteiger partial charge in [0.05, 0.1) is 0 Å². The summed E-state index contributed by atoms with van der Waals surface area (Å²) >= 11 is 1.76. The molecular formula is C16H23N3S. The van der Waals surface area contributed by atoms with E-state index >= 15 is 0 Å². The molecule has 0 spiro atoms. The second kappa shape index (κ2) is 7.39. The van der Waals surface area contributed by atoms with Crippen molar-refractivity contribution in [1.29, 1.82) is 0 Å². The molecular weight excluding hydrogens is 266 g/mol. The summed E-state index contributed by atoms with van der Waals surface area (Å²) in [5.74, 6) is 2.49. The fraction of sp³-hybridized carbons (Fsp3) is 0.500. The Bertz CT molecular complexity index is 521. The van der Waals surface area contributed by atoms with Crippen molar-refractivity contribution in [1.82, 2.24) is 9.97 Å². The molecule has 0 saturated heterocycles. The molecule has 2 aromatic rings. The summed E-state index contributed by atoms with van der Waals surface area (Å²) < 4.78 is 0. The van der Waals surface area contributed by atoms with Gasteiger partial charge in [0, 0.05) is 29.6 Å². The summed E-state index contributed by atoms with van der Waals surface area (Å²) in [5.41, 5.74) is 1.14. The summed E-state index contributed by atoms with van der Waals surface area (Å²) in [6.07, 6.45) is 2.93. The summed E-state index contributed by atoms with van der Waals surface area (Å²) in [5, 5.41) is 5.48. The van der Waals surface area contributed by atoms with Gasteiger partial charge in [0.2, 0.25) is 0 Å². The number of nitrogens with zero attached hydrogens (tertiary/aromatic N) is 2. The fourth-order valence-corrected chi connectivity index (χ4v) is 2.77. The standard InChI is InChI=1S/C16H23N3S/c1-4-7-17-15-10-13(9-12(2)3)18-16(19-15)11-14-6-5-8-20-14/h5-6,8,10,12H,4,7,9,11H2,1-3H3,(H,17,18,19). The third kappa shape index (κ3) is 4.60. The molecule has 2 aromatic heterocycles. The minimum absolute atomic E-state index is 0.610. The lowest BCUT2D eigenvalue weighted by molar-refractivity contribution is 0.631. The third-order valence-electron chi connectivity index (χ3n) is 2.91. The molecule has 108 valence electrons. The smallest absolute Gasteiger partial charge is 0.136 e. The lowest BCUT2D eigenvalue weighted by Gasteiger charge is -2.10. The first-order chi connectivity index (χ1) is 9.67. The van der Waals surface area contributed by atoms with Crippen molar-refractivity contribution in [2.45, 2.75) is 40.0 Å². The zero-order valence-electron chi connectivity index (χ0n) is 12.5. The predicted octanol–water partition coefficient (Wildman–Crippen LogP) is 4.15. The minimum Gasteiger partial charge on any atom is -0.370 e. The van der Waals surface area contributed by atoms with Crippen LogP contribution in [0, 0.1) is 5.92 Å². The first-order valence-corrected chi connectivity index (χ1v) is 8.18. The van der Waals surface area contributed by atoms with Crippen molar-refractivity contribution in [2.75, 3.05) is 11.9 Å². The Morgan fingerprint density at radius 3 is 2.80 bits per heavy atom. The van der Waals surface area contributed by atoms with Crippen LogP contribution in [0.2, 0.25) is 0 Å². The van der Waals surface area contributed by atoms with E-state index in [1.54, 1.807) is 11.3 Å². The summed E-state index contributed by atoms with van der Waals surface area (Å²) in [6, 6.07) is 6.31. The van der Waals surface area contributed by atoms with E-state index in [1.807, 2.05) is 0 Å². The lowest BCUT2D eigenvalue weighted by Crippen LogP contribution is -2.08. The highest BCUT2D eigenvalue weighted by molar-refractivity contribution is 7.09. The van der Waals surface area contributed by atoms with Crippen LogP contribution in [0.5, 0.6) is 0 Å². The zero-order valence-corrected chi connectivity index (χ0v) is 13.3. The number of nitrogens with one attached hydrogen (secondary N) is 1. The van der Waals surface area contributed by atoms with E-state index in [0.717, 1.165) is 43.1 Å². The van der Waals surface area contributed by atoms with Gasteiger partial charge in [-0.05, 0) is 30.2 Å². The van der Waals surface area contributed by atoms with Crippen LogP contribution in [0.4, 0.5) is 5.82 Å². The second-order valence-electron chi connectivity index (χ2n) is 5.44. The Balaban J connectivity index is 2.19. The fourth-order valence-electron chi connectivity index (χ4n) is 2.07. The minimum atomic E-state index is 0.610. The number of hydrogen-bond donors (Lipinski definition) is 1. The number of aromatic nitrogens is 2. The molecule has 0 atom stereocenters. The molecule has 0 radical (unpaired) electrons. The van der Waals surface area contributed by atoms with Gasteiger partial charge in [-0.15, -0.1) is 11.3 Å². The number of anilines is 1. The highest BCUT2D eigenvalue weighted by Gasteiger charge is 2.07. The monoisotopic (exact) mass is 289 g/mol. The van der Waals surface area contributed by atoms with Crippen molar-refractivity contribution >= 4 is 17.2 Å². The topological polar surface area (TPSA) is 37.8 Å². The largest absolute Gasteiger partial charge is 0.370 e. The molecule has 4 heteroatoms. The van der Waals surface area contributed by atoms with Crippen LogP contribution in [-0.4, -0.2) is 16.5 Å². The van der Waals surface area contributed by atoms with Crippen LogP contribution in [0.15, 0.2) is 23.6 Å². The lowest BCUT2D eigenvalue weighted by atomic mass is 10.1. The van der Waals surface area contributed by atoms with Crippen LogP contribution in [0.1, 0.15) is 43.6 Å². The van der Waals surface area contributed by atoms with Gasteiger partial charge in [-0.3, -0.25) is 0 Å². The van der Waals surface area contributed by atoms with E-state index in [2.05, 4.69) is 54.7 Å². The van der Waals surface area contributed by atoms with Crippen molar-refractivity contribution in [3.05, 3.63) is 40.0 Å². The van der Waals surface area contributed by atoms with Gasteiger partial charge >= 0.3 is 0 Å². The molecule has 0 saturated carbocycles. The molecule has 0 bridgehead atoms. The van der Waals surface area contributed by atoms with Crippen molar-refractivity contribution in [3.8, 4) is 0 Å². The normalized spacial score (nSPS) is 11.0. The van der Waals surface area contributed by atoms with Crippen LogP contribution in [0.3, 0.4) is 0 Å². The van der Waals surface area contributed by atoms with Gasteiger partial charge in [-0.1, -0.05) is 26.8 Å². The maximum absolute atomic E-state index is 4.71. The van der Waals surface area contributed by atoms with E-state index in [0.29, 0.717) is 5.92 Å². The van der Waals surface area contributed by atoms with E-state index < -0.39 is 0 Å². The van der Waals surface area contributed by atoms with Gasteiger partial charge in [0.1, 0.15) is 11.6 Å². The maximum atomic E-state index is 4.71. The first kappa shape index (κ1) is 15.0. The van der Waals surface area contributed by atoms with Crippen LogP contribution in [0.25, 0.3) is 0 Å². The highest BCUT2D eigenvalue weighted by Crippen LogP contribution is 2.16. The van der Waals surface area contributed by atoms with E-state index in [9.17, 15) is 0 Å². The van der Waals surface area contributed by atoms with Gasteiger partial charge in [0.25, 0.3) is 0 Å². The Labute approximate surface area is 125 Å².